The van der Waals surface area contributed by atoms with Gasteiger partial charge in [0.15, 0.2) is 0 Å². The number of nitrogens with two attached hydrogens (primary N) is 1. The van der Waals surface area contributed by atoms with Crippen LogP contribution in [0.5, 0.6) is 0 Å². The summed E-state index contributed by atoms with van der Waals surface area (Å²) in [5, 5.41) is 9.84. The fourth-order valence-corrected chi connectivity index (χ4v) is 0.562. The monoisotopic (exact) mass is 124 g/mol. The number of aromatic nitrogens is 2. The first-order chi connectivity index (χ1) is 4.34. The molecule has 0 radical (unpaired) electrons. The lowest BCUT2D eigenvalue weighted by molar-refractivity contribution is 1.08. The van der Waals surface area contributed by atoms with Crippen LogP contribution in [0.2, 0.25) is 0 Å². The van der Waals surface area contributed by atoms with E-state index in [1.165, 1.54) is 6.21 Å². The molecule has 48 valence electrons. The molecule has 0 aliphatic rings. The van der Waals surface area contributed by atoms with Crippen molar-refractivity contribution < 1.29 is 0 Å². The van der Waals surface area contributed by atoms with Crippen LogP contribution in [0.15, 0.2) is 11.3 Å². The lowest BCUT2D eigenvalue weighted by atomic mass is 10.3. The van der Waals surface area contributed by atoms with Gasteiger partial charge in [-0.25, -0.2) is 0 Å². The Morgan fingerprint density at radius 1 is 1.89 bits per heavy atom. The highest BCUT2D eigenvalue weighted by Crippen LogP contribution is 1.96. The molecule has 0 aromatic carbocycles. The number of nitrogens with zero attached hydrogens (tertiary/aromatic N) is 2. The SMILES string of the molecule is Cc1cn[nH]c1/C=N/N. The minimum absolute atomic E-state index is 0.859. The molecular formula is C5H8N4. The van der Waals surface area contributed by atoms with E-state index in [4.69, 9.17) is 5.84 Å². The highest BCUT2D eigenvalue weighted by molar-refractivity contribution is 5.78. The van der Waals surface area contributed by atoms with Crippen molar-refractivity contribution >= 4 is 6.21 Å². The molecule has 0 fully saturated rings. The second-order valence-electron chi connectivity index (χ2n) is 1.74. The minimum Gasteiger partial charge on any atom is -0.323 e. The largest absolute Gasteiger partial charge is 0.323 e. The Balaban J connectivity index is 2.94. The summed E-state index contributed by atoms with van der Waals surface area (Å²) in [5.74, 6) is 4.91. The van der Waals surface area contributed by atoms with E-state index in [1.54, 1.807) is 6.20 Å². The van der Waals surface area contributed by atoms with E-state index >= 15 is 0 Å². The van der Waals surface area contributed by atoms with Gasteiger partial charge in [-0.3, -0.25) is 5.10 Å². The number of hydrogen-bond acceptors (Lipinski definition) is 3. The number of H-pyrrole nitrogens is 1. The summed E-state index contributed by atoms with van der Waals surface area (Å²) in [6.45, 7) is 1.93. The van der Waals surface area contributed by atoms with Gasteiger partial charge >= 0.3 is 0 Å². The summed E-state index contributed by atoms with van der Waals surface area (Å²) in [6.07, 6.45) is 3.25. The van der Waals surface area contributed by atoms with Crippen molar-refractivity contribution in [2.75, 3.05) is 0 Å². The maximum atomic E-state index is 4.91. The first-order valence-electron chi connectivity index (χ1n) is 2.58. The zero-order valence-corrected chi connectivity index (χ0v) is 5.13. The number of aryl methyl sites for hydroxylation is 1. The molecule has 0 aliphatic heterocycles. The van der Waals surface area contributed by atoms with Crippen LogP contribution in [-0.4, -0.2) is 16.4 Å². The van der Waals surface area contributed by atoms with Crippen molar-refractivity contribution in [3.05, 3.63) is 17.5 Å². The lowest BCUT2D eigenvalue weighted by Gasteiger charge is -1.82. The molecule has 0 unspecified atom stereocenters. The van der Waals surface area contributed by atoms with Crippen LogP contribution in [0.3, 0.4) is 0 Å². The Bertz CT molecular complexity index is 212. The highest BCUT2D eigenvalue weighted by atomic mass is 15.1. The van der Waals surface area contributed by atoms with E-state index in [9.17, 15) is 0 Å². The Labute approximate surface area is 52.8 Å². The topological polar surface area (TPSA) is 67.1 Å². The number of nitrogens with one attached hydrogen (secondary N) is 1. The predicted molar refractivity (Wildman–Crippen MR) is 35.1 cm³/mol. The molecule has 1 aromatic heterocycles. The Morgan fingerprint density at radius 2 is 2.67 bits per heavy atom. The van der Waals surface area contributed by atoms with Gasteiger partial charge in [0.05, 0.1) is 18.1 Å². The number of hydrazone groups is 1. The number of rotatable bonds is 1. The average molecular weight is 124 g/mol. The van der Waals surface area contributed by atoms with Crippen LogP contribution in [0, 0.1) is 6.92 Å². The van der Waals surface area contributed by atoms with Gasteiger partial charge in [0.2, 0.25) is 0 Å². The molecule has 1 rings (SSSR count). The van der Waals surface area contributed by atoms with Gasteiger partial charge in [-0.05, 0) is 12.5 Å². The quantitative estimate of drug-likeness (QED) is 0.314. The third kappa shape index (κ3) is 1.07. The Hall–Kier alpha value is -1.32. The summed E-state index contributed by atoms with van der Waals surface area (Å²) in [7, 11) is 0. The van der Waals surface area contributed by atoms with E-state index in [0.717, 1.165) is 11.3 Å². The fraction of sp³-hybridized carbons (Fsp3) is 0.200. The van der Waals surface area contributed by atoms with E-state index in [2.05, 4.69) is 15.3 Å². The van der Waals surface area contributed by atoms with Crippen molar-refractivity contribution in [3.8, 4) is 0 Å². The molecule has 1 heterocycles. The van der Waals surface area contributed by atoms with Gasteiger partial charge in [-0.2, -0.15) is 10.2 Å². The van der Waals surface area contributed by atoms with Crippen LogP contribution in [-0.2, 0) is 0 Å². The summed E-state index contributed by atoms with van der Waals surface area (Å²) < 4.78 is 0. The van der Waals surface area contributed by atoms with Crippen LogP contribution < -0.4 is 5.84 Å². The molecule has 3 N–H and O–H groups in total. The normalized spacial score (nSPS) is 10.8. The number of aromatic amines is 1. The van der Waals surface area contributed by atoms with Crippen LogP contribution in [0.25, 0.3) is 0 Å². The summed E-state index contributed by atoms with van der Waals surface area (Å²) in [4.78, 5) is 0. The second kappa shape index (κ2) is 2.30. The third-order valence-corrected chi connectivity index (χ3v) is 1.07. The van der Waals surface area contributed by atoms with E-state index < -0.39 is 0 Å². The molecule has 0 atom stereocenters. The molecule has 0 saturated carbocycles. The summed E-state index contributed by atoms with van der Waals surface area (Å²) in [6, 6.07) is 0. The van der Waals surface area contributed by atoms with Crippen molar-refractivity contribution in [2.24, 2.45) is 10.9 Å². The lowest BCUT2D eigenvalue weighted by Crippen LogP contribution is -1.88. The van der Waals surface area contributed by atoms with Crippen LogP contribution in [0.1, 0.15) is 11.3 Å². The fourth-order valence-electron chi connectivity index (χ4n) is 0.562. The van der Waals surface area contributed by atoms with Crippen molar-refractivity contribution in [3.63, 3.8) is 0 Å². The molecular weight excluding hydrogens is 116 g/mol. The molecule has 1 aromatic rings. The van der Waals surface area contributed by atoms with Crippen LogP contribution >= 0.6 is 0 Å². The van der Waals surface area contributed by atoms with Gasteiger partial charge in [0, 0.05) is 0 Å². The molecule has 0 aliphatic carbocycles. The zero-order valence-electron chi connectivity index (χ0n) is 5.13. The first-order valence-corrected chi connectivity index (χ1v) is 2.58. The Kier molecular flexibility index (Phi) is 1.48. The van der Waals surface area contributed by atoms with E-state index in [1.807, 2.05) is 6.92 Å². The van der Waals surface area contributed by atoms with Gasteiger partial charge in [-0.1, -0.05) is 0 Å². The molecule has 4 nitrogen and oxygen atoms in total. The maximum absolute atomic E-state index is 4.91. The second-order valence-corrected chi connectivity index (χ2v) is 1.74. The van der Waals surface area contributed by atoms with Gasteiger partial charge in [-0.15, -0.1) is 0 Å². The molecule has 0 amide bonds. The summed E-state index contributed by atoms with van der Waals surface area (Å²) >= 11 is 0. The van der Waals surface area contributed by atoms with Gasteiger partial charge in [0.25, 0.3) is 0 Å². The number of hydrogen-bond donors (Lipinski definition) is 2. The molecule has 0 spiro atoms. The van der Waals surface area contributed by atoms with Crippen molar-refractivity contribution in [1.82, 2.24) is 10.2 Å². The summed E-state index contributed by atoms with van der Waals surface area (Å²) in [5.41, 5.74) is 1.90. The molecule has 9 heavy (non-hydrogen) atoms. The molecule has 0 saturated heterocycles. The molecule has 0 bridgehead atoms. The highest BCUT2D eigenvalue weighted by Gasteiger charge is 1.92. The minimum atomic E-state index is 0.859. The first kappa shape index (κ1) is 5.81. The third-order valence-electron chi connectivity index (χ3n) is 1.07. The van der Waals surface area contributed by atoms with Gasteiger partial charge in [0.1, 0.15) is 0 Å². The maximum Gasteiger partial charge on any atom is 0.0807 e. The van der Waals surface area contributed by atoms with Crippen molar-refractivity contribution in [1.29, 1.82) is 0 Å². The molecule has 4 heteroatoms. The predicted octanol–water partition coefficient (Wildman–Crippen LogP) is 0.0107. The zero-order chi connectivity index (χ0) is 6.69. The Morgan fingerprint density at radius 3 is 3.11 bits per heavy atom. The smallest absolute Gasteiger partial charge is 0.0807 e. The van der Waals surface area contributed by atoms with Gasteiger partial charge < -0.3 is 5.84 Å². The van der Waals surface area contributed by atoms with E-state index in [0.29, 0.717) is 0 Å². The average Bonchev–Trinajstić information content (AvgIpc) is 2.18. The van der Waals surface area contributed by atoms with Crippen LogP contribution in [0.4, 0.5) is 0 Å². The van der Waals surface area contributed by atoms with E-state index in [-0.39, 0.29) is 0 Å². The van der Waals surface area contributed by atoms with Crippen molar-refractivity contribution in [2.45, 2.75) is 6.92 Å². The standard InChI is InChI=1S/C5H8N4/c1-4-2-8-9-5(4)3-7-6/h2-3H,6H2,1H3,(H,8,9)/b7-3+.